The fraction of sp³-hybridized carbons (Fsp3) is 0.923. The highest BCUT2D eigenvalue weighted by molar-refractivity contribution is 5.75. The van der Waals surface area contributed by atoms with Crippen molar-refractivity contribution in [2.45, 2.75) is 58.0 Å². The van der Waals surface area contributed by atoms with Crippen LogP contribution in [0.15, 0.2) is 0 Å². The Kier molecular flexibility index (Phi) is 6.52. The zero-order chi connectivity index (χ0) is 12.7. The number of rotatable bonds is 7. The van der Waals surface area contributed by atoms with E-state index < -0.39 is 0 Å². The number of likely N-dealkylation sites (tertiary alicyclic amines) is 1. The molecule has 17 heavy (non-hydrogen) atoms. The van der Waals surface area contributed by atoms with Gasteiger partial charge in [-0.3, -0.25) is 9.69 Å². The van der Waals surface area contributed by atoms with Gasteiger partial charge < -0.3 is 11.1 Å². The molecule has 0 saturated carbocycles. The summed E-state index contributed by atoms with van der Waals surface area (Å²) in [5.74, 6) is 0.164. The molecule has 0 bridgehead atoms. The first-order valence-electron chi connectivity index (χ1n) is 6.86. The van der Waals surface area contributed by atoms with Crippen molar-refractivity contribution in [2.75, 3.05) is 19.6 Å². The van der Waals surface area contributed by atoms with Crippen molar-refractivity contribution in [3.05, 3.63) is 0 Å². The van der Waals surface area contributed by atoms with Crippen molar-refractivity contribution in [2.24, 2.45) is 5.73 Å². The molecule has 1 fully saturated rings. The van der Waals surface area contributed by atoms with Crippen LogP contribution >= 0.6 is 0 Å². The molecule has 4 nitrogen and oxygen atoms in total. The summed E-state index contributed by atoms with van der Waals surface area (Å²) in [6, 6.07) is 0.668. The third-order valence-electron chi connectivity index (χ3n) is 3.42. The van der Waals surface area contributed by atoms with Gasteiger partial charge in [0, 0.05) is 25.0 Å². The van der Waals surface area contributed by atoms with Crippen LogP contribution in [0.4, 0.5) is 0 Å². The summed E-state index contributed by atoms with van der Waals surface area (Å²) in [5, 5.41) is 3.01. The summed E-state index contributed by atoms with van der Waals surface area (Å²) in [4.78, 5) is 14.0. The Balaban J connectivity index is 2.06. The van der Waals surface area contributed by atoms with Gasteiger partial charge in [-0.25, -0.2) is 0 Å². The molecule has 1 amide bonds. The summed E-state index contributed by atoms with van der Waals surface area (Å²) >= 11 is 0. The first-order chi connectivity index (χ1) is 8.09. The SMILES string of the molecule is CC(N)CCCC(=O)NCC(C)N1CCCC1. The minimum absolute atomic E-state index is 0.164. The van der Waals surface area contributed by atoms with E-state index in [0.717, 1.165) is 19.4 Å². The molecule has 1 aliphatic rings. The third kappa shape index (κ3) is 6.03. The van der Waals surface area contributed by atoms with Gasteiger partial charge in [-0.2, -0.15) is 0 Å². The molecule has 1 aliphatic heterocycles. The van der Waals surface area contributed by atoms with E-state index >= 15 is 0 Å². The maximum absolute atomic E-state index is 11.6. The molecule has 3 N–H and O–H groups in total. The second kappa shape index (κ2) is 7.67. The monoisotopic (exact) mass is 241 g/mol. The topological polar surface area (TPSA) is 58.4 Å². The maximum Gasteiger partial charge on any atom is 0.220 e. The quantitative estimate of drug-likeness (QED) is 0.702. The molecular weight excluding hydrogens is 214 g/mol. The van der Waals surface area contributed by atoms with E-state index in [4.69, 9.17) is 5.73 Å². The van der Waals surface area contributed by atoms with E-state index in [0.29, 0.717) is 12.5 Å². The van der Waals surface area contributed by atoms with Crippen molar-refractivity contribution in [3.8, 4) is 0 Å². The number of amides is 1. The van der Waals surface area contributed by atoms with E-state index in [1.165, 1.54) is 25.9 Å². The second-order valence-electron chi connectivity index (χ2n) is 5.27. The lowest BCUT2D eigenvalue weighted by Gasteiger charge is -2.23. The number of hydrogen-bond acceptors (Lipinski definition) is 3. The standard InChI is InChI=1S/C13H27N3O/c1-11(14)6-5-7-13(17)15-10-12(2)16-8-3-4-9-16/h11-12H,3-10,14H2,1-2H3,(H,15,17). The lowest BCUT2D eigenvalue weighted by atomic mass is 10.1. The van der Waals surface area contributed by atoms with Crippen LogP contribution in [0.2, 0.25) is 0 Å². The predicted octanol–water partition coefficient (Wildman–Crippen LogP) is 1.10. The molecule has 1 rings (SSSR count). The molecule has 2 atom stereocenters. The molecule has 2 unspecified atom stereocenters. The minimum Gasteiger partial charge on any atom is -0.355 e. The second-order valence-corrected chi connectivity index (χ2v) is 5.27. The van der Waals surface area contributed by atoms with Crippen LogP contribution in [0.5, 0.6) is 0 Å². The number of nitrogens with two attached hydrogens (primary N) is 1. The highest BCUT2D eigenvalue weighted by Crippen LogP contribution is 2.10. The maximum atomic E-state index is 11.6. The largest absolute Gasteiger partial charge is 0.355 e. The molecule has 0 radical (unpaired) electrons. The van der Waals surface area contributed by atoms with Gasteiger partial charge in [-0.05, 0) is 52.6 Å². The van der Waals surface area contributed by atoms with E-state index in [-0.39, 0.29) is 11.9 Å². The van der Waals surface area contributed by atoms with Gasteiger partial charge in [0.25, 0.3) is 0 Å². The van der Waals surface area contributed by atoms with Crippen molar-refractivity contribution in [3.63, 3.8) is 0 Å². The third-order valence-corrected chi connectivity index (χ3v) is 3.42. The van der Waals surface area contributed by atoms with Gasteiger partial charge in [0.1, 0.15) is 0 Å². The zero-order valence-electron chi connectivity index (χ0n) is 11.2. The molecular formula is C13H27N3O. The number of nitrogens with zero attached hydrogens (tertiary/aromatic N) is 1. The summed E-state index contributed by atoms with van der Waals surface area (Å²) in [6.07, 6.45) is 5.02. The predicted molar refractivity (Wildman–Crippen MR) is 70.8 cm³/mol. The normalized spacial score (nSPS) is 20.2. The van der Waals surface area contributed by atoms with Crippen LogP contribution in [0.25, 0.3) is 0 Å². The molecule has 0 aromatic rings. The van der Waals surface area contributed by atoms with Gasteiger partial charge in [0.15, 0.2) is 0 Å². The summed E-state index contributed by atoms with van der Waals surface area (Å²) in [5.41, 5.74) is 5.65. The molecule has 0 aromatic heterocycles. The van der Waals surface area contributed by atoms with Crippen molar-refractivity contribution >= 4 is 5.91 Å². The Morgan fingerprint density at radius 2 is 2.00 bits per heavy atom. The Labute approximate surface area is 105 Å². The average Bonchev–Trinajstić information content (AvgIpc) is 2.78. The van der Waals surface area contributed by atoms with E-state index in [1.54, 1.807) is 0 Å². The van der Waals surface area contributed by atoms with E-state index in [1.807, 2.05) is 6.92 Å². The van der Waals surface area contributed by atoms with Gasteiger partial charge in [-0.15, -0.1) is 0 Å². The fourth-order valence-electron chi connectivity index (χ4n) is 2.25. The minimum atomic E-state index is 0.164. The molecule has 1 heterocycles. The van der Waals surface area contributed by atoms with E-state index in [2.05, 4.69) is 17.1 Å². The highest BCUT2D eigenvalue weighted by Gasteiger charge is 2.18. The van der Waals surface area contributed by atoms with Crippen LogP contribution in [0, 0.1) is 0 Å². The average molecular weight is 241 g/mol. The summed E-state index contributed by atoms with van der Waals surface area (Å²) < 4.78 is 0. The Bertz CT molecular complexity index is 225. The summed E-state index contributed by atoms with van der Waals surface area (Å²) in [7, 11) is 0. The first kappa shape index (κ1) is 14.5. The van der Waals surface area contributed by atoms with Crippen molar-refractivity contribution < 1.29 is 4.79 Å². The highest BCUT2D eigenvalue weighted by atomic mass is 16.1. The molecule has 1 saturated heterocycles. The molecule has 4 heteroatoms. The number of nitrogens with one attached hydrogen (secondary N) is 1. The fourth-order valence-corrected chi connectivity index (χ4v) is 2.25. The smallest absolute Gasteiger partial charge is 0.220 e. The Morgan fingerprint density at radius 3 is 2.59 bits per heavy atom. The van der Waals surface area contributed by atoms with Crippen LogP contribution in [-0.2, 0) is 4.79 Å². The van der Waals surface area contributed by atoms with Crippen LogP contribution in [0.3, 0.4) is 0 Å². The molecule has 100 valence electrons. The zero-order valence-corrected chi connectivity index (χ0v) is 11.2. The Morgan fingerprint density at radius 1 is 1.35 bits per heavy atom. The molecule has 0 spiro atoms. The van der Waals surface area contributed by atoms with Crippen LogP contribution in [0.1, 0.15) is 46.0 Å². The lowest BCUT2D eigenvalue weighted by Crippen LogP contribution is -2.40. The number of carbonyl (C=O) groups is 1. The first-order valence-corrected chi connectivity index (χ1v) is 6.86. The van der Waals surface area contributed by atoms with Crippen molar-refractivity contribution in [1.82, 2.24) is 10.2 Å². The van der Waals surface area contributed by atoms with Gasteiger partial charge >= 0.3 is 0 Å². The summed E-state index contributed by atoms with van der Waals surface area (Å²) in [6.45, 7) is 7.31. The lowest BCUT2D eigenvalue weighted by molar-refractivity contribution is -0.121. The number of hydrogen-bond donors (Lipinski definition) is 2. The van der Waals surface area contributed by atoms with Gasteiger partial charge in [0.05, 0.1) is 0 Å². The van der Waals surface area contributed by atoms with Crippen molar-refractivity contribution in [1.29, 1.82) is 0 Å². The van der Waals surface area contributed by atoms with Gasteiger partial charge in [-0.1, -0.05) is 0 Å². The van der Waals surface area contributed by atoms with Gasteiger partial charge in [0.2, 0.25) is 5.91 Å². The van der Waals surface area contributed by atoms with Crippen LogP contribution < -0.4 is 11.1 Å². The van der Waals surface area contributed by atoms with Crippen LogP contribution in [-0.4, -0.2) is 42.5 Å². The molecule has 0 aromatic carbocycles. The van der Waals surface area contributed by atoms with E-state index in [9.17, 15) is 4.79 Å². The molecule has 0 aliphatic carbocycles. The Hall–Kier alpha value is -0.610. The number of carbonyl (C=O) groups excluding carboxylic acids is 1.